The third-order valence-corrected chi connectivity index (χ3v) is 4.50. The summed E-state index contributed by atoms with van der Waals surface area (Å²) in [4.78, 5) is 9.67. The third kappa shape index (κ3) is 2.74. The highest BCUT2D eigenvalue weighted by atomic mass is 32.2. The summed E-state index contributed by atoms with van der Waals surface area (Å²) in [5.74, 6) is 0.764. The highest BCUT2D eigenvalue weighted by molar-refractivity contribution is 8.00. The maximum atomic E-state index is 9.25. The van der Waals surface area contributed by atoms with Gasteiger partial charge in [0.25, 0.3) is 0 Å². The van der Waals surface area contributed by atoms with E-state index in [1.54, 1.807) is 11.8 Å². The molecule has 0 bridgehead atoms. The molecule has 98 valence electrons. The van der Waals surface area contributed by atoms with Crippen LogP contribution in [-0.4, -0.2) is 23.1 Å². The summed E-state index contributed by atoms with van der Waals surface area (Å²) in [5.41, 5.74) is 4.18. The summed E-state index contributed by atoms with van der Waals surface area (Å²) in [7, 11) is 0. The van der Waals surface area contributed by atoms with Crippen molar-refractivity contribution in [2.45, 2.75) is 37.1 Å². The molecule has 0 radical (unpaired) electrons. The van der Waals surface area contributed by atoms with Crippen molar-refractivity contribution in [1.82, 2.24) is 4.98 Å². The van der Waals surface area contributed by atoms with Crippen LogP contribution < -0.4 is 0 Å². The molecule has 1 aliphatic carbocycles. The molecule has 0 N–H and O–H groups in total. The summed E-state index contributed by atoms with van der Waals surface area (Å²) in [5, 5.41) is 14.1. The smallest absolute Gasteiger partial charge is 0.122 e. The predicted molar refractivity (Wildman–Crippen MR) is 74.3 cm³/mol. The normalized spacial score (nSPS) is 17.3. The van der Waals surface area contributed by atoms with E-state index in [4.69, 9.17) is 4.84 Å². The first kappa shape index (κ1) is 12.5. The number of aryl methyl sites for hydroxylation is 2. The van der Waals surface area contributed by atoms with Gasteiger partial charge in [-0.2, -0.15) is 5.26 Å². The Kier molecular flexibility index (Phi) is 3.69. The Bertz CT molecular complexity index is 563. The largest absolute Gasteiger partial charge is 0.395 e. The first-order valence-corrected chi connectivity index (χ1v) is 7.59. The lowest BCUT2D eigenvalue weighted by Gasteiger charge is -2.16. The Morgan fingerprint density at radius 2 is 2.21 bits per heavy atom. The molecule has 1 aromatic rings. The number of hydrogen-bond acceptors (Lipinski definition) is 5. The molecule has 2 heterocycles. The average Bonchev–Trinajstić information content (AvgIpc) is 2.97. The molecule has 1 aliphatic heterocycles. The number of thioether (sulfide) groups is 1. The van der Waals surface area contributed by atoms with E-state index >= 15 is 0 Å². The number of nitrogens with zero attached hydrogens (tertiary/aromatic N) is 3. The Morgan fingerprint density at radius 3 is 3.00 bits per heavy atom. The van der Waals surface area contributed by atoms with Crippen LogP contribution in [0.15, 0.2) is 16.2 Å². The summed E-state index contributed by atoms with van der Waals surface area (Å²) in [6, 6.07) is 4.29. The number of aromatic nitrogens is 1. The summed E-state index contributed by atoms with van der Waals surface area (Å²) in [6.45, 7) is 0.679. The minimum absolute atomic E-state index is 0.679. The molecule has 19 heavy (non-hydrogen) atoms. The average molecular weight is 273 g/mol. The zero-order valence-electron chi connectivity index (χ0n) is 10.7. The van der Waals surface area contributed by atoms with Gasteiger partial charge in [0.2, 0.25) is 0 Å². The van der Waals surface area contributed by atoms with Crippen LogP contribution in [0.3, 0.4) is 0 Å². The van der Waals surface area contributed by atoms with Crippen LogP contribution in [0.2, 0.25) is 0 Å². The maximum absolute atomic E-state index is 9.25. The molecule has 0 saturated carbocycles. The number of hydrogen-bond donors (Lipinski definition) is 0. The molecule has 4 nitrogen and oxygen atoms in total. The molecule has 0 saturated heterocycles. The standard InChI is InChI=1S/C14H15N3OS/c15-8-11-7-10-3-1-2-4-13(10)16-14(11)19-9-12-5-6-18-17-12/h7H,1-6,9H2. The fourth-order valence-electron chi connectivity index (χ4n) is 2.40. The van der Waals surface area contributed by atoms with Gasteiger partial charge in [-0.1, -0.05) is 16.9 Å². The number of rotatable bonds is 3. The van der Waals surface area contributed by atoms with Crippen LogP contribution in [0, 0.1) is 11.3 Å². The SMILES string of the molecule is N#Cc1cc2c(nc1SCC1=NOCC1)CCCC2. The molecular weight excluding hydrogens is 258 g/mol. The Morgan fingerprint density at radius 1 is 1.32 bits per heavy atom. The summed E-state index contributed by atoms with van der Waals surface area (Å²) >= 11 is 1.60. The molecule has 2 aliphatic rings. The molecule has 0 fully saturated rings. The molecule has 1 aromatic heterocycles. The lowest BCUT2D eigenvalue weighted by Crippen LogP contribution is -2.08. The molecule has 0 unspecified atom stereocenters. The topological polar surface area (TPSA) is 58.3 Å². The van der Waals surface area contributed by atoms with Gasteiger partial charge in [0.1, 0.15) is 17.7 Å². The van der Waals surface area contributed by atoms with E-state index < -0.39 is 0 Å². The minimum Gasteiger partial charge on any atom is -0.395 e. The zero-order valence-corrected chi connectivity index (χ0v) is 11.5. The Hall–Kier alpha value is -1.54. The van der Waals surface area contributed by atoms with Crippen molar-refractivity contribution < 1.29 is 4.84 Å². The van der Waals surface area contributed by atoms with E-state index in [2.05, 4.69) is 16.2 Å². The van der Waals surface area contributed by atoms with Gasteiger partial charge in [-0.25, -0.2) is 4.98 Å². The molecule has 0 amide bonds. The second-order valence-corrected chi connectivity index (χ2v) is 5.76. The first-order chi connectivity index (χ1) is 9.36. The quantitative estimate of drug-likeness (QED) is 0.794. The first-order valence-electron chi connectivity index (χ1n) is 6.60. The zero-order chi connectivity index (χ0) is 13.1. The van der Waals surface area contributed by atoms with Gasteiger partial charge in [0.05, 0.1) is 11.3 Å². The van der Waals surface area contributed by atoms with Crippen molar-refractivity contribution in [2.24, 2.45) is 5.16 Å². The predicted octanol–water partition coefficient (Wildman–Crippen LogP) is 2.70. The maximum Gasteiger partial charge on any atom is 0.122 e. The highest BCUT2D eigenvalue weighted by Gasteiger charge is 2.16. The van der Waals surface area contributed by atoms with E-state index in [9.17, 15) is 5.26 Å². The van der Waals surface area contributed by atoms with Gasteiger partial charge in [-0.15, -0.1) is 0 Å². The van der Waals surface area contributed by atoms with Crippen LogP contribution in [0.5, 0.6) is 0 Å². The second kappa shape index (κ2) is 5.62. The second-order valence-electron chi connectivity index (χ2n) is 4.80. The van der Waals surface area contributed by atoms with Gasteiger partial charge < -0.3 is 4.84 Å². The lowest BCUT2D eigenvalue weighted by molar-refractivity contribution is 0.173. The van der Waals surface area contributed by atoms with Crippen molar-refractivity contribution in [3.05, 3.63) is 22.9 Å². The van der Waals surface area contributed by atoms with Gasteiger partial charge >= 0.3 is 0 Å². The van der Waals surface area contributed by atoms with Crippen molar-refractivity contribution in [3.8, 4) is 6.07 Å². The Labute approximate surface area is 116 Å². The monoisotopic (exact) mass is 273 g/mol. The number of nitriles is 1. The van der Waals surface area contributed by atoms with Crippen LogP contribution >= 0.6 is 11.8 Å². The van der Waals surface area contributed by atoms with Crippen molar-refractivity contribution in [3.63, 3.8) is 0 Å². The number of fused-ring (bicyclic) bond motifs is 1. The van der Waals surface area contributed by atoms with E-state index in [0.717, 1.165) is 35.8 Å². The molecular formula is C14H15N3OS. The van der Waals surface area contributed by atoms with Crippen LogP contribution in [-0.2, 0) is 17.7 Å². The molecule has 0 spiro atoms. The minimum atomic E-state index is 0.679. The molecule has 0 aromatic carbocycles. The number of oxime groups is 1. The van der Waals surface area contributed by atoms with Crippen molar-refractivity contribution >= 4 is 17.5 Å². The summed E-state index contributed by atoms with van der Waals surface area (Å²) < 4.78 is 0. The van der Waals surface area contributed by atoms with Gasteiger partial charge in [0, 0.05) is 17.9 Å². The van der Waals surface area contributed by atoms with E-state index in [1.807, 2.05) is 6.07 Å². The van der Waals surface area contributed by atoms with Crippen LogP contribution in [0.1, 0.15) is 36.1 Å². The molecule has 3 rings (SSSR count). The number of pyridine rings is 1. The fraction of sp³-hybridized carbons (Fsp3) is 0.500. The highest BCUT2D eigenvalue weighted by Crippen LogP contribution is 2.27. The van der Waals surface area contributed by atoms with E-state index in [1.165, 1.54) is 24.1 Å². The Balaban J connectivity index is 1.81. The lowest BCUT2D eigenvalue weighted by atomic mass is 9.95. The van der Waals surface area contributed by atoms with Gasteiger partial charge in [-0.3, -0.25) is 0 Å². The van der Waals surface area contributed by atoms with Crippen molar-refractivity contribution in [1.29, 1.82) is 5.26 Å². The molecule has 0 atom stereocenters. The fourth-order valence-corrected chi connectivity index (χ4v) is 3.34. The van der Waals surface area contributed by atoms with E-state index in [-0.39, 0.29) is 0 Å². The van der Waals surface area contributed by atoms with Crippen molar-refractivity contribution in [2.75, 3.05) is 12.4 Å². The van der Waals surface area contributed by atoms with Gasteiger partial charge in [-0.05, 0) is 37.3 Å². The third-order valence-electron chi connectivity index (χ3n) is 3.44. The van der Waals surface area contributed by atoms with Crippen LogP contribution in [0.25, 0.3) is 0 Å². The summed E-state index contributed by atoms with van der Waals surface area (Å²) in [6.07, 6.45) is 5.40. The van der Waals surface area contributed by atoms with Crippen LogP contribution in [0.4, 0.5) is 0 Å². The molecule has 5 heteroatoms. The van der Waals surface area contributed by atoms with E-state index in [0.29, 0.717) is 12.2 Å². The van der Waals surface area contributed by atoms with Gasteiger partial charge in [0.15, 0.2) is 0 Å².